The van der Waals surface area contributed by atoms with Crippen LogP contribution in [0.1, 0.15) is 103 Å². The number of fused-ring (bicyclic) bond motifs is 8. The molecule has 4 heterocycles. The van der Waals surface area contributed by atoms with Crippen LogP contribution in [0.15, 0.2) is 50.4 Å². The van der Waals surface area contributed by atoms with Crippen molar-refractivity contribution in [2.24, 2.45) is 29.4 Å². The van der Waals surface area contributed by atoms with Crippen molar-refractivity contribution in [3.8, 4) is 23.2 Å². The number of methoxy groups -OCH3 is 3. The largest absolute Gasteiger partial charge is 0.462 e. The summed E-state index contributed by atoms with van der Waals surface area (Å²) in [4.78, 5) is 65.8. The maximum atomic E-state index is 13.4. The van der Waals surface area contributed by atoms with Crippen molar-refractivity contribution >= 4 is 30.0 Å². The van der Waals surface area contributed by atoms with Crippen molar-refractivity contribution in [2.45, 2.75) is 122 Å². The molecule has 10 unspecified atom stereocenters. The molecule has 3 aromatic heterocycles. The average Bonchev–Trinajstić information content (AvgIpc) is 4.03. The number of amides is 1. The monoisotopic (exact) mass is 853 g/mol. The van der Waals surface area contributed by atoms with Gasteiger partial charge in [-0.05, 0) is 50.0 Å². The third kappa shape index (κ3) is 14.4. The van der Waals surface area contributed by atoms with E-state index in [0.717, 1.165) is 0 Å². The topological polar surface area (TPSA) is 233 Å². The van der Waals surface area contributed by atoms with Gasteiger partial charge in [0.1, 0.15) is 48.3 Å². The van der Waals surface area contributed by atoms with E-state index in [1.165, 1.54) is 30.8 Å². The standard InChI is InChI=1S/C44H63N5O12/c1-26-12-9-10-14-40-46-33(23-58-40)43-48-34(24-60-43)44-47-32(22-59-44)42(57-8)29(4)36(53)19-30(45)18-31(51)20-41(54)61-39(26)21-38(56-7)27(2)15-16-35(52)28(3)37(55-6)13-11-17-49(5)25-50/h10-11,14,17,22-31,37-39,42,51H,9,12-13,15-16,18-21,45H2,1-8H3/b14-10+,17-11+. The fourth-order valence-electron chi connectivity index (χ4n) is 7.41. The highest BCUT2D eigenvalue weighted by molar-refractivity contribution is 5.82. The number of ether oxygens (including phenoxy) is 4. The molecule has 0 saturated carbocycles. The van der Waals surface area contributed by atoms with Gasteiger partial charge >= 0.3 is 5.97 Å². The first-order chi connectivity index (χ1) is 29.2. The molecule has 3 N–H and O–H groups in total. The molecular weight excluding hydrogens is 791 g/mol. The molecule has 336 valence electrons. The first-order valence-corrected chi connectivity index (χ1v) is 20.8. The molecule has 0 radical (unpaired) electrons. The van der Waals surface area contributed by atoms with Crippen LogP contribution in [0.25, 0.3) is 29.2 Å². The number of hydrogen-bond acceptors (Lipinski definition) is 16. The van der Waals surface area contributed by atoms with Gasteiger partial charge in [0.05, 0.1) is 24.7 Å². The van der Waals surface area contributed by atoms with Crippen molar-refractivity contribution in [3.63, 3.8) is 0 Å². The Labute approximate surface area is 357 Å². The van der Waals surface area contributed by atoms with Gasteiger partial charge in [0.2, 0.25) is 24.1 Å². The van der Waals surface area contributed by atoms with E-state index in [-0.39, 0.29) is 72.6 Å². The Hall–Kier alpha value is -4.81. The van der Waals surface area contributed by atoms with Crippen LogP contribution in [-0.4, -0.2) is 108 Å². The van der Waals surface area contributed by atoms with Crippen LogP contribution in [0.2, 0.25) is 0 Å². The minimum Gasteiger partial charge on any atom is -0.462 e. The molecule has 0 fully saturated rings. The lowest BCUT2D eigenvalue weighted by molar-refractivity contribution is -0.156. The maximum Gasteiger partial charge on any atom is 0.308 e. The van der Waals surface area contributed by atoms with E-state index in [9.17, 15) is 24.3 Å². The van der Waals surface area contributed by atoms with Crippen LogP contribution in [0.4, 0.5) is 0 Å². The van der Waals surface area contributed by atoms with Crippen LogP contribution in [0.5, 0.6) is 0 Å². The predicted molar refractivity (Wildman–Crippen MR) is 223 cm³/mol. The molecule has 6 bridgehead atoms. The molecule has 1 aliphatic rings. The molecule has 0 aliphatic carbocycles. The van der Waals surface area contributed by atoms with Gasteiger partial charge in [-0.25, -0.2) is 15.0 Å². The number of nitrogens with two attached hydrogens (primary N) is 1. The second-order valence-electron chi connectivity index (χ2n) is 16.1. The number of carbonyl (C=O) groups excluding carboxylic acids is 4. The fraction of sp³-hybridized carbons (Fsp3) is 0.614. The molecule has 0 spiro atoms. The maximum absolute atomic E-state index is 13.4. The van der Waals surface area contributed by atoms with E-state index >= 15 is 0 Å². The van der Waals surface area contributed by atoms with Crippen LogP contribution in [-0.2, 0) is 38.1 Å². The van der Waals surface area contributed by atoms with Gasteiger partial charge < -0.3 is 47.9 Å². The summed E-state index contributed by atoms with van der Waals surface area (Å²) < 4.78 is 40.3. The van der Waals surface area contributed by atoms with Crippen molar-refractivity contribution in [1.82, 2.24) is 19.9 Å². The Morgan fingerprint density at radius 1 is 1.00 bits per heavy atom. The Bertz CT molecular complexity index is 1900. The van der Waals surface area contributed by atoms with Crippen LogP contribution < -0.4 is 5.73 Å². The predicted octanol–water partition coefficient (Wildman–Crippen LogP) is 6.12. The third-order valence-corrected chi connectivity index (χ3v) is 11.4. The van der Waals surface area contributed by atoms with Gasteiger partial charge in [-0.2, -0.15) is 0 Å². The van der Waals surface area contributed by atoms with Crippen LogP contribution >= 0.6 is 0 Å². The Morgan fingerprint density at radius 2 is 1.69 bits per heavy atom. The van der Waals surface area contributed by atoms with Gasteiger partial charge in [0, 0.05) is 71.7 Å². The Kier molecular flexibility index (Phi) is 19.2. The number of carbonyl (C=O) groups is 4. The summed E-state index contributed by atoms with van der Waals surface area (Å²) in [6.07, 6.45) is 11.2. The van der Waals surface area contributed by atoms with Crippen LogP contribution in [0.3, 0.4) is 0 Å². The fourth-order valence-corrected chi connectivity index (χ4v) is 7.41. The number of oxazole rings is 3. The minimum atomic E-state index is -1.16. The van der Waals surface area contributed by atoms with E-state index in [1.54, 1.807) is 46.5 Å². The number of ketones is 2. The zero-order valence-corrected chi connectivity index (χ0v) is 36.6. The number of rotatable bonds is 15. The second-order valence-corrected chi connectivity index (χ2v) is 16.1. The molecule has 17 nitrogen and oxygen atoms in total. The highest BCUT2D eigenvalue weighted by atomic mass is 16.5. The number of Topliss-reactive ketones (excluding diaryl/α,β-unsaturated/α-hetero) is 2. The summed E-state index contributed by atoms with van der Waals surface area (Å²) in [6, 6.07) is -0.742. The lowest BCUT2D eigenvalue weighted by Gasteiger charge is -2.31. The van der Waals surface area contributed by atoms with Crippen molar-refractivity contribution in [3.05, 3.63) is 48.7 Å². The molecule has 1 aliphatic heterocycles. The molecule has 61 heavy (non-hydrogen) atoms. The van der Waals surface area contributed by atoms with E-state index in [4.69, 9.17) is 37.9 Å². The molecule has 17 heteroatoms. The quantitative estimate of drug-likeness (QED) is 0.129. The summed E-state index contributed by atoms with van der Waals surface area (Å²) in [5.41, 5.74) is 7.39. The second kappa shape index (κ2) is 24.0. The van der Waals surface area contributed by atoms with Crippen molar-refractivity contribution in [1.29, 1.82) is 0 Å². The summed E-state index contributed by atoms with van der Waals surface area (Å²) >= 11 is 0. The molecule has 3 aromatic rings. The zero-order chi connectivity index (χ0) is 44.6. The lowest BCUT2D eigenvalue weighted by Crippen LogP contribution is -2.36. The van der Waals surface area contributed by atoms with Gasteiger partial charge in [0.15, 0.2) is 11.4 Å². The third-order valence-electron chi connectivity index (χ3n) is 11.4. The highest BCUT2D eigenvalue weighted by Gasteiger charge is 2.33. The summed E-state index contributed by atoms with van der Waals surface area (Å²) in [5.74, 6) is -1.36. The zero-order valence-electron chi connectivity index (χ0n) is 36.6. The normalized spacial score (nSPS) is 24.8. The number of allylic oxidation sites excluding steroid dienone is 1. The van der Waals surface area contributed by atoms with Crippen molar-refractivity contribution < 1.29 is 56.5 Å². The van der Waals surface area contributed by atoms with E-state index in [2.05, 4.69) is 15.0 Å². The molecule has 4 rings (SSSR count). The SMILES string of the molecule is COC(CC1OC(=O)CC(O)CC(N)CC(=O)C(C)C(OC)c2coc(n2)-c2coc(n2)-c2coc(n2)/C=C/CCC1C)C(C)CCC(=O)C(C)C(C/C=C/N(C)C=O)OC. The number of aliphatic hydroxyl groups excluding tert-OH is 1. The minimum absolute atomic E-state index is 0.0125. The van der Waals surface area contributed by atoms with Crippen molar-refractivity contribution in [2.75, 3.05) is 28.4 Å². The van der Waals surface area contributed by atoms with E-state index in [0.29, 0.717) is 67.9 Å². The van der Waals surface area contributed by atoms with E-state index in [1.807, 2.05) is 26.8 Å². The summed E-state index contributed by atoms with van der Waals surface area (Å²) in [7, 11) is 6.25. The lowest BCUT2D eigenvalue weighted by atomic mass is 9.86. The number of hydrogen-bond donors (Lipinski definition) is 2. The molecule has 10 atom stereocenters. The number of aromatic nitrogens is 3. The molecular formula is C44H63N5O12. The highest BCUT2D eigenvalue weighted by Crippen LogP contribution is 2.32. The van der Waals surface area contributed by atoms with Gasteiger partial charge in [-0.1, -0.05) is 39.8 Å². The summed E-state index contributed by atoms with van der Waals surface area (Å²) in [5, 5.41) is 10.9. The first-order valence-electron chi connectivity index (χ1n) is 20.8. The Balaban J connectivity index is 1.49. The number of aliphatic hydroxyl groups is 1. The van der Waals surface area contributed by atoms with Gasteiger partial charge in [0.25, 0.3) is 0 Å². The Morgan fingerprint density at radius 3 is 2.39 bits per heavy atom. The summed E-state index contributed by atoms with van der Waals surface area (Å²) in [6.45, 7) is 7.53. The molecule has 1 amide bonds. The molecule has 0 saturated heterocycles. The first kappa shape index (κ1) is 48.9. The van der Waals surface area contributed by atoms with Gasteiger partial charge in [-0.3, -0.25) is 19.2 Å². The molecule has 0 aromatic carbocycles. The smallest absolute Gasteiger partial charge is 0.308 e. The van der Waals surface area contributed by atoms with Gasteiger partial charge in [-0.15, -0.1) is 0 Å². The van der Waals surface area contributed by atoms with E-state index < -0.39 is 36.2 Å². The average molecular weight is 854 g/mol. The number of nitrogens with zero attached hydrogens (tertiary/aromatic N) is 4. The van der Waals surface area contributed by atoms with Crippen LogP contribution in [0, 0.1) is 23.7 Å². The number of cyclic esters (lactones) is 1. The number of esters is 1.